The molecule has 3 aromatic rings. The third-order valence-electron chi connectivity index (χ3n) is 6.06. The summed E-state index contributed by atoms with van der Waals surface area (Å²) in [5.74, 6) is -2.23. The number of hydrogen-bond acceptors (Lipinski definition) is 5. The lowest BCUT2D eigenvalue weighted by atomic mass is 9.94. The number of anilines is 1. The van der Waals surface area contributed by atoms with Crippen LogP contribution in [0, 0.1) is 17.1 Å². The molecule has 36 heavy (non-hydrogen) atoms. The van der Waals surface area contributed by atoms with Crippen LogP contribution in [-0.2, 0) is 9.59 Å². The highest BCUT2D eigenvalue weighted by molar-refractivity contribution is 6.51. The summed E-state index contributed by atoms with van der Waals surface area (Å²) in [7, 11) is 0. The van der Waals surface area contributed by atoms with E-state index in [9.17, 15) is 19.1 Å². The minimum Gasteiger partial charge on any atom is -0.507 e. The number of rotatable bonds is 8. The normalized spacial score (nSPS) is 16.7. The summed E-state index contributed by atoms with van der Waals surface area (Å²) in [5.41, 5.74) is 0.827. The maximum absolute atomic E-state index is 15.0. The maximum atomic E-state index is 15.0. The fraction of sp³-hybridized carbons (Fsp3) is 0.207. The van der Waals surface area contributed by atoms with E-state index in [1.165, 1.54) is 42.5 Å². The molecule has 1 N–H and O–H groups in total. The van der Waals surface area contributed by atoms with Gasteiger partial charge in [0.2, 0.25) is 0 Å². The van der Waals surface area contributed by atoms with E-state index in [1.807, 2.05) is 6.07 Å². The molecule has 3 aromatic carbocycles. The number of amides is 1. The molecule has 6 nitrogen and oxygen atoms in total. The molecule has 0 aliphatic carbocycles. The fourth-order valence-corrected chi connectivity index (χ4v) is 4.19. The van der Waals surface area contributed by atoms with Crippen molar-refractivity contribution in [2.45, 2.75) is 32.2 Å². The van der Waals surface area contributed by atoms with Gasteiger partial charge in [-0.3, -0.25) is 14.5 Å². The Kier molecular flexibility index (Phi) is 7.45. The predicted molar refractivity (Wildman–Crippen MR) is 134 cm³/mol. The van der Waals surface area contributed by atoms with Crippen LogP contribution in [0.3, 0.4) is 0 Å². The average molecular weight is 485 g/mol. The van der Waals surface area contributed by atoms with Crippen LogP contribution in [0.1, 0.15) is 48.9 Å². The number of hydrogen-bond donors (Lipinski definition) is 1. The zero-order chi connectivity index (χ0) is 25.7. The standard InChI is InChI=1S/C29H25FN2O4/c1-2-3-6-17-36-22-15-11-20(12-16-22)27(33)25-26(23-7-4-5-8-24(23)30)32(29(35)28(25)34)21-13-9-19(18-31)10-14-21/h4-5,7-16,26,33H,2-3,6,17H2,1H3/b27-25-. The predicted octanol–water partition coefficient (Wildman–Crippen LogP) is 5.89. The van der Waals surface area contributed by atoms with Gasteiger partial charge in [0.05, 0.1) is 29.9 Å². The minimum absolute atomic E-state index is 0.0680. The summed E-state index contributed by atoms with van der Waals surface area (Å²) in [5, 5.41) is 20.3. The third kappa shape index (κ3) is 4.84. The van der Waals surface area contributed by atoms with Crippen molar-refractivity contribution in [3.8, 4) is 11.8 Å². The number of aliphatic hydroxyl groups is 1. The fourth-order valence-electron chi connectivity index (χ4n) is 4.19. The number of aliphatic hydroxyl groups excluding tert-OH is 1. The number of nitriles is 1. The Morgan fingerprint density at radius 1 is 1.03 bits per heavy atom. The van der Waals surface area contributed by atoms with E-state index >= 15 is 0 Å². The molecule has 1 heterocycles. The van der Waals surface area contributed by atoms with Crippen molar-refractivity contribution in [3.05, 3.63) is 101 Å². The average Bonchev–Trinajstić information content (AvgIpc) is 3.17. The van der Waals surface area contributed by atoms with Gasteiger partial charge in [-0.1, -0.05) is 38.0 Å². The van der Waals surface area contributed by atoms with Gasteiger partial charge < -0.3 is 9.84 Å². The first-order valence-electron chi connectivity index (χ1n) is 11.7. The topological polar surface area (TPSA) is 90.6 Å². The van der Waals surface area contributed by atoms with Gasteiger partial charge in [0.15, 0.2) is 0 Å². The summed E-state index contributed by atoms with van der Waals surface area (Å²) in [4.78, 5) is 27.5. The summed E-state index contributed by atoms with van der Waals surface area (Å²) < 4.78 is 20.7. The molecular weight excluding hydrogens is 459 g/mol. The number of carbonyl (C=O) groups is 2. The van der Waals surface area contributed by atoms with Gasteiger partial charge in [-0.15, -0.1) is 0 Å². The molecule has 1 saturated heterocycles. The number of halogens is 1. The smallest absolute Gasteiger partial charge is 0.300 e. The first-order chi connectivity index (χ1) is 17.5. The number of benzene rings is 3. The molecule has 1 aliphatic rings. The van der Waals surface area contributed by atoms with Crippen molar-refractivity contribution in [1.82, 2.24) is 0 Å². The number of Topliss-reactive ketones (excluding diaryl/α,β-unsaturated/α-hetero) is 1. The van der Waals surface area contributed by atoms with E-state index in [0.717, 1.165) is 24.2 Å². The van der Waals surface area contributed by atoms with Crippen molar-refractivity contribution in [3.63, 3.8) is 0 Å². The monoisotopic (exact) mass is 484 g/mol. The van der Waals surface area contributed by atoms with Crippen molar-refractivity contribution in [2.24, 2.45) is 0 Å². The third-order valence-corrected chi connectivity index (χ3v) is 6.06. The van der Waals surface area contributed by atoms with Gasteiger partial charge in [0.25, 0.3) is 11.7 Å². The Balaban J connectivity index is 1.77. The van der Waals surface area contributed by atoms with E-state index in [4.69, 9.17) is 10.00 Å². The number of unbranched alkanes of at least 4 members (excludes halogenated alkanes) is 2. The molecular formula is C29H25FN2O4. The molecule has 0 radical (unpaired) electrons. The molecule has 1 amide bonds. The van der Waals surface area contributed by atoms with Gasteiger partial charge in [-0.25, -0.2) is 4.39 Å². The molecule has 1 aliphatic heterocycles. The second-order valence-corrected chi connectivity index (χ2v) is 8.43. The Morgan fingerprint density at radius 3 is 2.36 bits per heavy atom. The van der Waals surface area contributed by atoms with E-state index < -0.39 is 29.3 Å². The van der Waals surface area contributed by atoms with Crippen LogP contribution in [0.5, 0.6) is 5.75 Å². The Hall–Kier alpha value is -4.44. The van der Waals surface area contributed by atoms with Crippen LogP contribution in [-0.4, -0.2) is 23.4 Å². The van der Waals surface area contributed by atoms with Crippen molar-refractivity contribution < 1.29 is 23.8 Å². The quantitative estimate of drug-likeness (QED) is 0.186. The summed E-state index contributed by atoms with van der Waals surface area (Å²) in [6, 6.07) is 19.2. The number of nitrogens with zero attached hydrogens (tertiary/aromatic N) is 2. The van der Waals surface area contributed by atoms with Crippen LogP contribution in [0.15, 0.2) is 78.4 Å². The Morgan fingerprint density at radius 2 is 1.72 bits per heavy atom. The summed E-state index contributed by atoms with van der Waals surface area (Å²) >= 11 is 0. The zero-order valence-corrected chi connectivity index (χ0v) is 19.8. The minimum atomic E-state index is -1.19. The van der Waals surface area contributed by atoms with Gasteiger partial charge in [-0.05, 0) is 61.0 Å². The van der Waals surface area contributed by atoms with Gasteiger partial charge in [-0.2, -0.15) is 5.26 Å². The molecule has 182 valence electrons. The molecule has 0 saturated carbocycles. The van der Waals surface area contributed by atoms with Crippen LogP contribution in [0.25, 0.3) is 5.76 Å². The van der Waals surface area contributed by atoms with Gasteiger partial charge in [0.1, 0.15) is 17.3 Å². The molecule has 0 bridgehead atoms. The Bertz CT molecular complexity index is 1340. The zero-order valence-electron chi connectivity index (χ0n) is 19.8. The highest BCUT2D eigenvalue weighted by Gasteiger charge is 2.47. The molecule has 0 aromatic heterocycles. The van der Waals surface area contributed by atoms with Crippen molar-refractivity contribution in [1.29, 1.82) is 5.26 Å². The van der Waals surface area contributed by atoms with Crippen LogP contribution in [0.2, 0.25) is 0 Å². The summed E-state index contributed by atoms with van der Waals surface area (Å²) in [6.45, 7) is 2.68. The molecule has 0 spiro atoms. The van der Waals surface area contributed by atoms with E-state index in [1.54, 1.807) is 30.3 Å². The van der Waals surface area contributed by atoms with E-state index in [0.29, 0.717) is 29.2 Å². The largest absolute Gasteiger partial charge is 0.507 e. The maximum Gasteiger partial charge on any atom is 0.300 e. The first-order valence-corrected chi connectivity index (χ1v) is 11.7. The molecule has 4 rings (SSSR count). The van der Waals surface area contributed by atoms with Crippen molar-refractivity contribution >= 4 is 23.1 Å². The van der Waals surface area contributed by atoms with E-state index in [2.05, 4.69) is 6.92 Å². The number of carbonyl (C=O) groups excluding carboxylic acids is 2. The van der Waals surface area contributed by atoms with Crippen LogP contribution in [0.4, 0.5) is 10.1 Å². The second-order valence-electron chi connectivity index (χ2n) is 8.43. The highest BCUT2D eigenvalue weighted by Crippen LogP contribution is 2.43. The molecule has 1 atom stereocenters. The number of ether oxygens (including phenoxy) is 1. The van der Waals surface area contributed by atoms with Crippen molar-refractivity contribution in [2.75, 3.05) is 11.5 Å². The lowest BCUT2D eigenvalue weighted by Crippen LogP contribution is -2.29. The Labute approximate surface area is 208 Å². The SMILES string of the molecule is CCCCCOc1ccc(/C(O)=C2/C(=O)C(=O)N(c3ccc(C#N)cc3)C2c2ccccc2F)cc1. The lowest BCUT2D eigenvalue weighted by Gasteiger charge is -2.25. The van der Waals surface area contributed by atoms with Crippen LogP contribution < -0.4 is 9.64 Å². The van der Waals surface area contributed by atoms with Gasteiger partial charge >= 0.3 is 0 Å². The first kappa shape index (κ1) is 24.7. The second kappa shape index (κ2) is 10.9. The lowest BCUT2D eigenvalue weighted by molar-refractivity contribution is -0.132. The summed E-state index contributed by atoms with van der Waals surface area (Å²) in [6.07, 6.45) is 3.08. The molecule has 7 heteroatoms. The van der Waals surface area contributed by atoms with Crippen LogP contribution >= 0.6 is 0 Å². The highest BCUT2D eigenvalue weighted by atomic mass is 19.1. The molecule has 1 unspecified atom stereocenters. The van der Waals surface area contributed by atoms with E-state index in [-0.39, 0.29) is 11.1 Å². The number of ketones is 1. The molecule has 1 fully saturated rings. The van der Waals surface area contributed by atoms with Gasteiger partial charge in [0, 0.05) is 16.8 Å².